The number of rotatable bonds is 5. The van der Waals surface area contributed by atoms with Crippen LogP contribution in [0.3, 0.4) is 0 Å². The zero-order valence-corrected chi connectivity index (χ0v) is 14.4. The number of ether oxygens (including phenoxy) is 1. The van der Waals surface area contributed by atoms with Crippen LogP contribution in [0.4, 0.5) is 0 Å². The number of halogens is 1. The van der Waals surface area contributed by atoms with E-state index >= 15 is 0 Å². The van der Waals surface area contributed by atoms with Gasteiger partial charge in [0.05, 0.1) is 12.1 Å². The van der Waals surface area contributed by atoms with Crippen molar-refractivity contribution in [2.24, 2.45) is 0 Å². The SMILES string of the molecule is O=C(OCCCc1ccccc1O)c1c(O)c2ccc(Cl)cc2[nH]c1=O. The Morgan fingerprint density at radius 2 is 1.92 bits per heavy atom. The molecular formula is C19H16ClNO5. The first kappa shape index (κ1) is 17.8. The lowest BCUT2D eigenvalue weighted by Crippen LogP contribution is -2.20. The average molecular weight is 374 g/mol. The van der Waals surface area contributed by atoms with Gasteiger partial charge in [-0.1, -0.05) is 29.8 Å². The number of hydrogen-bond acceptors (Lipinski definition) is 5. The van der Waals surface area contributed by atoms with Gasteiger partial charge in [-0.05, 0) is 42.7 Å². The van der Waals surface area contributed by atoms with E-state index in [2.05, 4.69) is 4.98 Å². The van der Waals surface area contributed by atoms with Crippen LogP contribution >= 0.6 is 11.6 Å². The number of fused-ring (bicyclic) bond motifs is 1. The van der Waals surface area contributed by atoms with Gasteiger partial charge in [0.1, 0.15) is 11.5 Å². The van der Waals surface area contributed by atoms with Crippen molar-refractivity contribution >= 4 is 28.5 Å². The monoisotopic (exact) mass is 373 g/mol. The standard InChI is InChI=1S/C19H16ClNO5/c20-12-7-8-13-14(10-12)21-18(24)16(17(13)23)19(25)26-9-3-5-11-4-1-2-6-15(11)22/h1-2,4,6-8,10,22H,3,5,9H2,(H2,21,23,24). The molecule has 3 rings (SSSR count). The summed E-state index contributed by atoms with van der Waals surface area (Å²) in [5.74, 6) is -1.16. The lowest BCUT2D eigenvalue weighted by atomic mass is 10.1. The number of phenolic OH excluding ortho intramolecular Hbond substituents is 1. The van der Waals surface area contributed by atoms with Crippen LogP contribution in [-0.4, -0.2) is 27.8 Å². The second kappa shape index (κ2) is 7.49. The highest BCUT2D eigenvalue weighted by molar-refractivity contribution is 6.31. The summed E-state index contributed by atoms with van der Waals surface area (Å²) in [6.45, 7) is 0.0463. The van der Waals surface area contributed by atoms with E-state index in [0.29, 0.717) is 28.8 Å². The highest BCUT2D eigenvalue weighted by Crippen LogP contribution is 2.27. The maximum absolute atomic E-state index is 12.2. The molecule has 0 aliphatic carbocycles. The molecule has 1 heterocycles. The summed E-state index contributed by atoms with van der Waals surface area (Å²) in [6, 6.07) is 11.4. The fourth-order valence-electron chi connectivity index (χ4n) is 2.66. The fourth-order valence-corrected chi connectivity index (χ4v) is 2.84. The first-order valence-electron chi connectivity index (χ1n) is 7.96. The Morgan fingerprint density at radius 1 is 1.15 bits per heavy atom. The van der Waals surface area contributed by atoms with Crippen LogP contribution in [-0.2, 0) is 11.2 Å². The van der Waals surface area contributed by atoms with Crippen LogP contribution in [0.15, 0.2) is 47.3 Å². The van der Waals surface area contributed by atoms with Gasteiger partial charge in [-0.15, -0.1) is 0 Å². The Hall–Kier alpha value is -2.99. The van der Waals surface area contributed by atoms with Crippen molar-refractivity contribution in [1.82, 2.24) is 4.98 Å². The van der Waals surface area contributed by atoms with Gasteiger partial charge in [0.2, 0.25) is 0 Å². The quantitative estimate of drug-likeness (QED) is 0.470. The van der Waals surface area contributed by atoms with Crippen LogP contribution in [0.25, 0.3) is 10.9 Å². The minimum Gasteiger partial charge on any atom is -0.508 e. The van der Waals surface area contributed by atoms with Crippen molar-refractivity contribution in [1.29, 1.82) is 0 Å². The number of benzene rings is 2. The number of esters is 1. The van der Waals surface area contributed by atoms with Crippen LogP contribution in [0.1, 0.15) is 22.3 Å². The summed E-state index contributed by atoms with van der Waals surface area (Å²) >= 11 is 5.86. The van der Waals surface area contributed by atoms with Gasteiger partial charge in [-0.2, -0.15) is 0 Å². The maximum Gasteiger partial charge on any atom is 0.347 e. The molecule has 0 bridgehead atoms. The molecule has 0 saturated carbocycles. The molecule has 0 aliphatic heterocycles. The second-order valence-corrected chi connectivity index (χ2v) is 6.17. The molecule has 0 aliphatic rings. The molecule has 0 unspecified atom stereocenters. The minimum absolute atomic E-state index is 0.0463. The average Bonchev–Trinajstić information content (AvgIpc) is 2.59. The molecule has 26 heavy (non-hydrogen) atoms. The molecule has 7 heteroatoms. The Bertz CT molecular complexity index is 1030. The van der Waals surface area contributed by atoms with E-state index in [-0.39, 0.29) is 12.4 Å². The summed E-state index contributed by atoms with van der Waals surface area (Å²) in [4.78, 5) is 26.8. The number of carbonyl (C=O) groups is 1. The third-order valence-corrected chi connectivity index (χ3v) is 4.20. The number of H-pyrrole nitrogens is 1. The van der Waals surface area contributed by atoms with E-state index in [1.165, 1.54) is 12.1 Å². The third-order valence-electron chi connectivity index (χ3n) is 3.97. The van der Waals surface area contributed by atoms with Gasteiger partial charge in [0.15, 0.2) is 5.56 Å². The third kappa shape index (κ3) is 3.65. The Balaban J connectivity index is 1.71. The number of pyridine rings is 1. The van der Waals surface area contributed by atoms with Gasteiger partial charge in [-0.3, -0.25) is 4.79 Å². The zero-order valence-electron chi connectivity index (χ0n) is 13.7. The van der Waals surface area contributed by atoms with Crippen molar-refractivity contribution in [2.45, 2.75) is 12.8 Å². The van der Waals surface area contributed by atoms with E-state index in [9.17, 15) is 19.8 Å². The molecule has 1 aromatic heterocycles. The van der Waals surface area contributed by atoms with Crippen LogP contribution in [0.5, 0.6) is 11.5 Å². The molecule has 3 N–H and O–H groups in total. The normalized spacial score (nSPS) is 10.8. The van der Waals surface area contributed by atoms with Crippen molar-refractivity contribution in [3.63, 3.8) is 0 Å². The van der Waals surface area contributed by atoms with Crippen LogP contribution < -0.4 is 5.56 Å². The van der Waals surface area contributed by atoms with Crippen LogP contribution in [0, 0.1) is 0 Å². The first-order chi connectivity index (χ1) is 12.5. The van der Waals surface area contributed by atoms with Crippen molar-refractivity contribution in [3.05, 3.63) is 69.0 Å². The molecule has 0 radical (unpaired) electrons. The zero-order chi connectivity index (χ0) is 18.7. The van der Waals surface area contributed by atoms with Crippen molar-refractivity contribution in [2.75, 3.05) is 6.61 Å². The number of para-hydroxylation sites is 1. The highest BCUT2D eigenvalue weighted by atomic mass is 35.5. The number of carbonyl (C=O) groups excluding carboxylic acids is 1. The first-order valence-corrected chi connectivity index (χ1v) is 8.33. The lowest BCUT2D eigenvalue weighted by Gasteiger charge is -2.09. The van der Waals surface area contributed by atoms with Crippen molar-refractivity contribution in [3.8, 4) is 11.5 Å². The number of aromatic amines is 1. The van der Waals surface area contributed by atoms with Crippen LogP contribution in [0.2, 0.25) is 5.02 Å². The van der Waals surface area contributed by atoms with Crippen molar-refractivity contribution < 1.29 is 19.7 Å². The second-order valence-electron chi connectivity index (χ2n) is 5.74. The van der Waals surface area contributed by atoms with Gasteiger partial charge >= 0.3 is 5.97 Å². The maximum atomic E-state index is 12.2. The molecule has 0 spiro atoms. The number of nitrogens with one attached hydrogen (secondary N) is 1. The van der Waals surface area contributed by atoms with E-state index < -0.39 is 22.8 Å². The molecule has 0 saturated heterocycles. The van der Waals surface area contributed by atoms with Gasteiger partial charge in [-0.25, -0.2) is 4.79 Å². The Morgan fingerprint density at radius 3 is 2.69 bits per heavy atom. The summed E-state index contributed by atoms with van der Waals surface area (Å²) in [6.07, 6.45) is 0.976. The Labute approximate surface area is 153 Å². The lowest BCUT2D eigenvalue weighted by molar-refractivity contribution is 0.0495. The summed E-state index contributed by atoms with van der Waals surface area (Å²) in [5.41, 5.74) is -0.117. The summed E-state index contributed by atoms with van der Waals surface area (Å²) in [7, 11) is 0. The molecule has 3 aromatic rings. The van der Waals surface area contributed by atoms with E-state index in [1.54, 1.807) is 30.3 Å². The van der Waals surface area contributed by atoms with E-state index in [1.807, 2.05) is 0 Å². The predicted octanol–water partition coefficient (Wildman–Crippen LogP) is 3.38. The predicted molar refractivity (Wildman–Crippen MR) is 98.0 cm³/mol. The largest absolute Gasteiger partial charge is 0.508 e. The molecular weight excluding hydrogens is 358 g/mol. The molecule has 2 aromatic carbocycles. The topological polar surface area (TPSA) is 99.6 Å². The molecule has 134 valence electrons. The molecule has 0 amide bonds. The fraction of sp³-hybridized carbons (Fsp3) is 0.158. The minimum atomic E-state index is -0.905. The van der Waals surface area contributed by atoms with Gasteiger partial charge < -0.3 is 19.9 Å². The summed E-state index contributed by atoms with van der Waals surface area (Å²) in [5, 5.41) is 20.7. The number of aromatic hydroxyl groups is 2. The number of phenols is 1. The number of aromatic nitrogens is 1. The van der Waals surface area contributed by atoms with Gasteiger partial charge in [0.25, 0.3) is 5.56 Å². The molecule has 0 fully saturated rings. The Kier molecular flexibility index (Phi) is 5.14. The molecule has 0 atom stereocenters. The van der Waals surface area contributed by atoms with Gasteiger partial charge in [0, 0.05) is 10.4 Å². The highest BCUT2D eigenvalue weighted by Gasteiger charge is 2.20. The van der Waals surface area contributed by atoms with E-state index in [0.717, 1.165) is 5.56 Å². The van der Waals surface area contributed by atoms with E-state index in [4.69, 9.17) is 16.3 Å². The smallest absolute Gasteiger partial charge is 0.347 e. The summed E-state index contributed by atoms with van der Waals surface area (Å²) < 4.78 is 5.10. The molecule has 6 nitrogen and oxygen atoms in total. The number of hydrogen-bond donors (Lipinski definition) is 3. The number of aryl methyl sites for hydroxylation is 1.